The number of ketones is 1. The van der Waals surface area contributed by atoms with Crippen LogP contribution in [0.25, 0.3) is 0 Å². The number of carbonyl (C=O) groups is 1. The molecule has 0 saturated heterocycles. The maximum atomic E-state index is 11.0. The van der Waals surface area contributed by atoms with Crippen molar-refractivity contribution >= 4 is 5.78 Å². The third kappa shape index (κ3) is 4.15. The summed E-state index contributed by atoms with van der Waals surface area (Å²) in [5.41, 5.74) is 2.10. The first-order valence-electron chi connectivity index (χ1n) is 5.27. The number of benzene rings is 1. The van der Waals surface area contributed by atoms with Crippen LogP contribution in [-0.2, 0) is 11.2 Å². The molecule has 0 spiro atoms. The first-order valence-corrected chi connectivity index (χ1v) is 5.27. The van der Waals surface area contributed by atoms with Crippen LogP contribution in [0.4, 0.5) is 0 Å². The molecule has 0 aliphatic rings. The van der Waals surface area contributed by atoms with E-state index in [9.17, 15) is 4.79 Å². The van der Waals surface area contributed by atoms with Gasteiger partial charge in [-0.05, 0) is 25.5 Å². The topological polar surface area (TPSA) is 26.3 Å². The Morgan fingerprint density at radius 3 is 2.40 bits per heavy atom. The maximum Gasteiger partial charge on any atom is 0.134 e. The molecule has 0 unspecified atom stereocenters. The molecule has 2 heteroatoms. The fourth-order valence-electron chi connectivity index (χ4n) is 1.34. The summed E-state index contributed by atoms with van der Waals surface area (Å²) in [4.78, 5) is 11.0. The molecule has 0 heterocycles. The Balaban J connectivity index is 0.000000921. The minimum atomic E-state index is 0.160. The third-order valence-electron chi connectivity index (χ3n) is 2.01. The summed E-state index contributed by atoms with van der Waals surface area (Å²) < 4.78 is 5.17. The number of rotatable bonds is 3. The van der Waals surface area contributed by atoms with Crippen LogP contribution in [-0.4, -0.2) is 12.9 Å². The molecule has 0 aliphatic carbocycles. The second-order valence-corrected chi connectivity index (χ2v) is 3.13. The van der Waals surface area contributed by atoms with E-state index in [0.717, 1.165) is 16.9 Å². The lowest BCUT2D eigenvalue weighted by Crippen LogP contribution is -2.01. The van der Waals surface area contributed by atoms with Crippen molar-refractivity contribution in [3.05, 3.63) is 29.3 Å². The number of Topliss-reactive ketones (excluding diaryl/α,β-unsaturated/α-hetero) is 1. The second kappa shape index (κ2) is 7.04. The van der Waals surface area contributed by atoms with Gasteiger partial charge in [0.15, 0.2) is 0 Å². The fourth-order valence-corrected chi connectivity index (χ4v) is 1.34. The van der Waals surface area contributed by atoms with Gasteiger partial charge in [0.2, 0.25) is 0 Å². The molecule has 1 aromatic carbocycles. The molecule has 0 saturated carbocycles. The lowest BCUT2D eigenvalue weighted by molar-refractivity contribution is -0.116. The zero-order valence-corrected chi connectivity index (χ0v) is 10.3. The average molecular weight is 208 g/mol. The van der Waals surface area contributed by atoms with Crippen molar-refractivity contribution in [2.75, 3.05) is 7.11 Å². The van der Waals surface area contributed by atoms with Crippen molar-refractivity contribution in [2.45, 2.75) is 34.1 Å². The van der Waals surface area contributed by atoms with Crippen molar-refractivity contribution in [3.8, 4) is 5.75 Å². The molecule has 0 aromatic heterocycles. The predicted molar refractivity (Wildman–Crippen MR) is 63.5 cm³/mol. The highest BCUT2D eigenvalue weighted by molar-refractivity contribution is 5.79. The summed E-state index contributed by atoms with van der Waals surface area (Å²) in [6.07, 6.45) is 0.454. The van der Waals surface area contributed by atoms with E-state index in [2.05, 4.69) is 0 Å². The average Bonchev–Trinajstić information content (AvgIpc) is 2.23. The molecule has 15 heavy (non-hydrogen) atoms. The Bertz CT molecular complexity index is 316. The third-order valence-corrected chi connectivity index (χ3v) is 2.01. The summed E-state index contributed by atoms with van der Waals surface area (Å²) in [6, 6.07) is 5.80. The molecule has 0 atom stereocenters. The van der Waals surface area contributed by atoms with E-state index in [1.54, 1.807) is 14.0 Å². The van der Waals surface area contributed by atoms with Gasteiger partial charge in [-0.3, -0.25) is 4.79 Å². The number of ether oxygens (including phenoxy) is 1. The standard InChI is InChI=1S/C11H14O2.C2H6/c1-8-5-4-6-11(13-3)10(8)7-9(2)12;1-2/h4-6H,7H2,1-3H3;1-2H3. The largest absolute Gasteiger partial charge is 0.496 e. The van der Waals surface area contributed by atoms with E-state index < -0.39 is 0 Å². The summed E-state index contributed by atoms with van der Waals surface area (Å²) in [6.45, 7) is 7.58. The summed E-state index contributed by atoms with van der Waals surface area (Å²) in [7, 11) is 1.62. The van der Waals surface area contributed by atoms with E-state index >= 15 is 0 Å². The summed E-state index contributed by atoms with van der Waals surface area (Å²) in [5.74, 6) is 0.961. The van der Waals surface area contributed by atoms with E-state index in [1.807, 2.05) is 39.0 Å². The SMILES string of the molecule is CC.COc1cccc(C)c1CC(C)=O. The molecule has 1 aromatic rings. The molecule has 0 aliphatic heterocycles. The fraction of sp³-hybridized carbons (Fsp3) is 0.462. The van der Waals surface area contributed by atoms with E-state index in [0.29, 0.717) is 6.42 Å². The minimum absolute atomic E-state index is 0.160. The molecular weight excluding hydrogens is 188 g/mol. The highest BCUT2D eigenvalue weighted by Gasteiger charge is 2.07. The van der Waals surface area contributed by atoms with Crippen LogP contribution >= 0.6 is 0 Å². The van der Waals surface area contributed by atoms with Gasteiger partial charge < -0.3 is 4.74 Å². The Morgan fingerprint density at radius 2 is 1.93 bits per heavy atom. The second-order valence-electron chi connectivity index (χ2n) is 3.13. The highest BCUT2D eigenvalue weighted by Crippen LogP contribution is 2.22. The number of carbonyl (C=O) groups excluding carboxylic acids is 1. The van der Waals surface area contributed by atoms with Gasteiger partial charge in [0.25, 0.3) is 0 Å². The first-order chi connectivity index (χ1) is 7.15. The smallest absolute Gasteiger partial charge is 0.134 e. The number of hydrogen-bond donors (Lipinski definition) is 0. The molecule has 0 bridgehead atoms. The number of hydrogen-bond acceptors (Lipinski definition) is 2. The van der Waals surface area contributed by atoms with Crippen LogP contribution in [0.5, 0.6) is 5.75 Å². The van der Waals surface area contributed by atoms with Gasteiger partial charge in [0.1, 0.15) is 11.5 Å². The first kappa shape index (κ1) is 13.7. The Labute approximate surface area is 92.3 Å². The molecule has 84 valence electrons. The van der Waals surface area contributed by atoms with E-state index in [-0.39, 0.29) is 5.78 Å². The van der Waals surface area contributed by atoms with Crippen LogP contribution in [0, 0.1) is 6.92 Å². The number of methoxy groups -OCH3 is 1. The van der Waals surface area contributed by atoms with Crippen molar-refractivity contribution in [1.82, 2.24) is 0 Å². The van der Waals surface area contributed by atoms with Crippen molar-refractivity contribution in [3.63, 3.8) is 0 Å². The van der Waals surface area contributed by atoms with Gasteiger partial charge in [-0.2, -0.15) is 0 Å². The summed E-state index contributed by atoms with van der Waals surface area (Å²) in [5, 5.41) is 0. The Kier molecular flexibility index (Phi) is 6.43. The molecule has 0 amide bonds. The Morgan fingerprint density at radius 1 is 1.33 bits per heavy atom. The van der Waals surface area contributed by atoms with Crippen LogP contribution < -0.4 is 4.74 Å². The van der Waals surface area contributed by atoms with Gasteiger partial charge in [0, 0.05) is 12.0 Å². The summed E-state index contributed by atoms with van der Waals surface area (Å²) >= 11 is 0. The van der Waals surface area contributed by atoms with Crippen LogP contribution in [0.3, 0.4) is 0 Å². The normalized spacial score (nSPS) is 8.87. The zero-order chi connectivity index (χ0) is 11.8. The molecule has 2 nitrogen and oxygen atoms in total. The predicted octanol–water partition coefficient (Wildman–Crippen LogP) is 3.16. The molecule has 1 rings (SSSR count). The van der Waals surface area contributed by atoms with E-state index in [1.165, 1.54) is 0 Å². The van der Waals surface area contributed by atoms with Gasteiger partial charge in [0.05, 0.1) is 7.11 Å². The van der Waals surface area contributed by atoms with Crippen LogP contribution in [0.1, 0.15) is 31.9 Å². The van der Waals surface area contributed by atoms with Crippen molar-refractivity contribution < 1.29 is 9.53 Å². The van der Waals surface area contributed by atoms with Gasteiger partial charge in [-0.25, -0.2) is 0 Å². The van der Waals surface area contributed by atoms with Crippen LogP contribution in [0.2, 0.25) is 0 Å². The van der Waals surface area contributed by atoms with Gasteiger partial charge >= 0.3 is 0 Å². The minimum Gasteiger partial charge on any atom is -0.496 e. The lowest BCUT2D eigenvalue weighted by atomic mass is 10.0. The molecule has 0 N–H and O–H groups in total. The van der Waals surface area contributed by atoms with Crippen LogP contribution in [0.15, 0.2) is 18.2 Å². The van der Waals surface area contributed by atoms with E-state index in [4.69, 9.17) is 4.74 Å². The monoisotopic (exact) mass is 208 g/mol. The molecule has 0 fully saturated rings. The van der Waals surface area contributed by atoms with Crippen molar-refractivity contribution in [1.29, 1.82) is 0 Å². The highest BCUT2D eigenvalue weighted by atomic mass is 16.5. The number of aryl methyl sites for hydroxylation is 1. The lowest BCUT2D eigenvalue weighted by Gasteiger charge is -2.09. The molecule has 0 radical (unpaired) electrons. The van der Waals surface area contributed by atoms with Gasteiger partial charge in [-0.1, -0.05) is 26.0 Å². The quantitative estimate of drug-likeness (QED) is 0.762. The maximum absolute atomic E-state index is 11.0. The Hall–Kier alpha value is -1.31. The molecular formula is C13H20O2. The van der Waals surface area contributed by atoms with Crippen molar-refractivity contribution in [2.24, 2.45) is 0 Å². The van der Waals surface area contributed by atoms with Gasteiger partial charge in [-0.15, -0.1) is 0 Å². The zero-order valence-electron chi connectivity index (χ0n) is 10.3.